The number of carbonyl (C=O) groups excluding carboxylic acids is 1. The maximum atomic E-state index is 11.3. The van der Waals surface area contributed by atoms with Crippen LogP contribution in [0.3, 0.4) is 0 Å². The highest BCUT2D eigenvalue weighted by Crippen LogP contribution is 2.18. The number of ether oxygens (including phenoxy) is 2. The molecule has 0 aliphatic carbocycles. The van der Waals surface area contributed by atoms with Gasteiger partial charge >= 0.3 is 5.97 Å². The highest BCUT2D eigenvalue weighted by atomic mass is 16.5. The van der Waals surface area contributed by atoms with Crippen molar-refractivity contribution in [2.75, 3.05) is 14.2 Å². The third-order valence-electron chi connectivity index (χ3n) is 3.21. The van der Waals surface area contributed by atoms with Crippen LogP contribution < -0.4 is 10.1 Å². The minimum absolute atomic E-state index is 0.00879. The van der Waals surface area contributed by atoms with E-state index in [9.17, 15) is 4.79 Å². The molecule has 1 N–H and O–H groups in total. The van der Waals surface area contributed by atoms with Gasteiger partial charge in [-0.2, -0.15) is 0 Å². The number of rotatable bonds is 6. The summed E-state index contributed by atoms with van der Waals surface area (Å²) >= 11 is 0. The van der Waals surface area contributed by atoms with Crippen LogP contribution in [0.5, 0.6) is 5.75 Å². The Morgan fingerprint density at radius 3 is 2.52 bits per heavy atom. The largest absolute Gasteiger partial charge is 0.497 e. The number of hydrogen-bond donors (Lipinski definition) is 1. The van der Waals surface area contributed by atoms with E-state index >= 15 is 0 Å². The van der Waals surface area contributed by atoms with Crippen LogP contribution in [0.2, 0.25) is 0 Å². The molecule has 0 spiro atoms. The Morgan fingerprint density at radius 1 is 1.19 bits per heavy atom. The van der Waals surface area contributed by atoms with Crippen molar-refractivity contribution in [3.05, 3.63) is 53.5 Å². The van der Waals surface area contributed by atoms with Gasteiger partial charge in [0, 0.05) is 6.54 Å². The topological polar surface area (TPSA) is 60.7 Å². The summed E-state index contributed by atoms with van der Waals surface area (Å²) in [5.74, 6) is 1.28. The van der Waals surface area contributed by atoms with Crippen molar-refractivity contribution in [3.63, 3.8) is 0 Å². The summed E-state index contributed by atoms with van der Waals surface area (Å²) in [4.78, 5) is 11.3. The summed E-state index contributed by atoms with van der Waals surface area (Å²) in [6.07, 6.45) is 0. The first-order chi connectivity index (χ1) is 10.1. The third kappa shape index (κ3) is 3.86. The number of furan rings is 1. The van der Waals surface area contributed by atoms with Crippen molar-refractivity contribution >= 4 is 5.97 Å². The summed E-state index contributed by atoms with van der Waals surface area (Å²) < 4.78 is 15.2. The first-order valence-electron chi connectivity index (χ1n) is 6.68. The molecule has 0 amide bonds. The van der Waals surface area contributed by atoms with E-state index in [0.29, 0.717) is 12.3 Å². The molecule has 1 aromatic carbocycles. The second-order valence-corrected chi connectivity index (χ2v) is 4.64. The van der Waals surface area contributed by atoms with Crippen molar-refractivity contribution in [2.24, 2.45) is 0 Å². The Morgan fingerprint density at radius 2 is 1.90 bits per heavy atom. The van der Waals surface area contributed by atoms with E-state index in [0.717, 1.165) is 11.3 Å². The van der Waals surface area contributed by atoms with Gasteiger partial charge in [-0.1, -0.05) is 12.1 Å². The molecule has 2 aromatic rings. The van der Waals surface area contributed by atoms with Gasteiger partial charge in [0.15, 0.2) is 0 Å². The Bertz CT molecular complexity index is 589. The lowest BCUT2D eigenvalue weighted by Crippen LogP contribution is -2.17. The van der Waals surface area contributed by atoms with Crippen molar-refractivity contribution < 1.29 is 18.7 Å². The van der Waals surface area contributed by atoms with Gasteiger partial charge in [-0.3, -0.25) is 0 Å². The molecule has 5 nitrogen and oxygen atoms in total. The van der Waals surface area contributed by atoms with Crippen molar-refractivity contribution in [1.82, 2.24) is 5.32 Å². The molecule has 1 heterocycles. The fraction of sp³-hybridized carbons (Fsp3) is 0.312. The average Bonchev–Trinajstić information content (AvgIpc) is 3.02. The Hall–Kier alpha value is -2.27. The van der Waals surface area contributed by atoms with Crippen LogP contribution in [-0.2, 0) is 11.3 Å². The third-order valence-corrected chi connectivity index (χ3v) is 3.21. The fourth-order valence-corrected chi connectivity index (χ4v) is 1.91. The molecule has 0 saturated heterocycles. The number of nitrogens with one attached hydrogen (secondary N) is 1. The van der Waals surface area contributed by atoms with E-state index in [1.807, 2.05) is 31.2 Å². The van der Waals surface area contributed by atoms with Crippen LogP contribution in [0.25, 0.3) is 0 Å². The Kier molecular flexibility index (Phi) is 5.00. The van der Waals surface area contributed by atoms with Gasteiger partial charge in [0.2, 0.25) is 5.76 Å². The SMILES string of the molecule is COC(=O)c1ccc(C(C)NCc2ccc(OC)cc2)o1. The lowest BCUT2D eigenvalue weighted by molar-refractivity contribution is 0.0562. The number of benzene rings is 1. The standard InChI is InChI=1S/C16H19NO4/c1-11(14-8-9-15(21-14)16(18)20-3)17-10-12-4-6-13(19-2)7-5-12/h4-9,11,17H,10H2,1-3H3. The van der Waals surface area contributed by atoms with Crippen molar-refractivity contribution in [3.8, 4) is 5.75 Å². The monoisotopic (exact) mass is 289 g/mol. The van der Waals surface area contributed by atoms with Gasteiger partial charge in [0.25, 0.3) is 0 Å². The van der Waals surface area contributed by atoms with Gasteiger partial charge in [-0.15, -0.1) is 0 Å². The number of hydrogen-bond acceptors (Lipinski definition) is 5. The van der Waals surface area contributed by atoms with Crippen molar-refractivity contribution in [1.29, 1.82) is 0 Å². The van der Waals surface area contributed by atoms with Crippen LogP contribution in [-0.4, -0.2) is 20.2 Å². The van der Waals surface area contributed by atoms with E-state index in [2.05, 4.69) is 10.1 Å². The Balaban J connectivity index is 1.93. The maximum Gasteiger partial charge on any atom is 0.373 e. The highest BCUT2D eigenvalue weighted by molar-refractivity contribution is 5.86. The van der Waals surface area contributed by atoms with E-state index in [1.54, 1.807) is 19.2 Å². The zero-order chi connectivity index (χ0) is 15.2. The second kappa shape index (κ2) is 6.95. The molecule has 0 bridgehead atoms. The van der Waals surface area contributed by atoms with Gasteiger partial charge in [-0.05, 0) is 36.8 Å². The predicted octanol–water partition coefficient (Wildman–Crippen LogP) is 2.93. The second-order valence-electron chi connectivity index (χ2n) is 4.64. The minimum Gasteiger partial charge on any atom is -0.497 e. The summed E-state index contributed by atoms with van der Waals surface area (Å²) in [5, 5.41) is 3.34. The van der Waals surface area contributed by atoms with Crippen LogP contribution in [0.1, 0.15) is 34.8 Å². The molecule has 2 rings (SSSR count). The summed E-state index contributed by atoms with van der Waals surface area (Å²) in [5.41, 5.74) is 1.14. The Labute approximate surface area is 123 Å². The molecule has 1 aromatic heterocycles. The number of carbonyl (C=O) groups is 1. The number of methoxy groups -OCH3 is 2. The molecule has 0 aliphatic heterocycles. The molecular formula is C16H19NO4. The van der Waals surface area contributed by atoms with Gasteiger partial charge in [-0.25, -0.2) is 4.79 Å². The molecule has 5 heteroatoms. The van der Waals surface area contributed by atoms with Gasteiger partial charge in [0.1, 0.15) is 11.5 Å². The van der Waals surface area contributed by atoms with E-state index in [1.165, 1.54) is 7.11 Å². The van der Waals surface area contributed by atoms with Crippen molar-refractivity contribution in [2.45, 2.75) is 19.5 Å². The van der Waals surface area contributed by atoms with Gasteiger partial charge in [0.05, 0.1) is 20.3 Å². The molecule has 0 fully saturated rings. The zero-order valence-electron chi connectivity index (χ0n) is 12.4. The summed E-state index contributed by atoms with van der Waals surface area (Å²) in [6.45, 7) is 2.67. The highest BCUT2D eigenvalue weighted by Gasteiger charge is 2.14. The van der Waals surface area contributed by atoms with E-state index < -0.39 is 5.97 Å². The zero-order valence-corrected chi connectivity index (χ0v) is 12.4. The smallest absolute Gasteiger partial charge is 0.373 e. The van der Waals surface area contributed by atoms with Gasteiger partial charge < -0.3 is 19.2 Å². The van der Waals surface area contributed by atoms with E-state index in [-0.39, 0.29) is 11.8 Å². The molecule has 112 valence electrons. The maximum absolute atomic E-state index is 11.3. The molecule has 0 aliphatic rings. The van der Waals surface area contributed by atoms with E-state index in [4.69, 9.17) is 9.15 Å². The fourth-order valence-electron chi connectivity index (χ4n) is 1.91. The average molecular weight is 289 g/mol. The number of esters is 1. The molecule has 1 atom stereocenters. The predicted molar refractivity (Wildman–Crippen MR) is 78.3 cm³/mol. The van der Waals surface area contributed by atoms with Crippen LogP contribution in [0.15, 0.2) is 40.8 Å². The molecule has 21 heavy (non-hydrogen) atoms. The van der Waals surface area contributed by atoms with Crippen LogP contribution in [0, 0.1) is 0 Å². The lowest BCUT2D eigenvalue weighted by Gasteiger charge is -2.11. The molecular weight excluding hydrogens is 270 g/mol. The lowest BCUT2D eigenvalue weighted by atomic mass is 10.2. The first kappa shape index (κ1) is 15.1. The summed E-state index contributed by atoms with van der Waals surface area (Å²) in [7, 11) is 2.97. The molecule has 0 saturated carbocycles. The minimum atomic E-state index is -0.469. The normalized spacial score (nSPS) is 12.0. The molecule has 1 unspecified atom stereocenters. The molecule has 0 radical (unpaired) electrons. The van der Waals surface area contributed by atoms with Crippen LogP contribution in [0.4, 0.5) is 0 Å². The first-order valence-corrected chi connectivity index (χ1v) is 6.68. The summed E-state index contributed by atoms with van der Waals surface area (Å²) in [6, 6.07) is 11.2. The van der Waals surface area contributed by atoms with Crippen LogP contribution >= 0.6 is 0 Å². The quantitative estimate of drug-likeness (QED) is 0.828.